The average molecular weight is 246 g/mol. The lowest BCUT2D eigenvalue weighted by Gasteiger charge is -2.06. The molecule has 1 heterocycles. The second-order valence-corrected chi connectivity index (χ2v) is 4.71. The van der Waals surface area contributed by atoms with E-state index in [2.05, 4.69) is 16.8 Å². The van der Waals surface area contributed by atoms with E-state index in [0.29, 0.717) is 5.02 Å². The monoisotopic (exact) mass is 245 g/mol. The zero-order chi connectivity index (χ0) is 12.5. The van der Waals surface area contributed by atoms with Crippen molar-refractivity contribution in [3.05, 3.63) is 41.0 Å². The van der Waals surface area contributed by atoms with Crippen molar-refractivity contribution in [2.75, 3.05) is 0 Å². The van der Waals surface area contributed by atoms with Gasteiger partial charge in [0.15, 0.2) is 0 Å². The van der Waals surface area contributed by atoms with E-state index in [9.17, 15) is 5.11 Å². The maximum absolute atomic E-state index is 9.59. The van der Waals surface area contributed by atoms with Crippen molar-refractivity contribution in [1.82, 2.24) is 4.98 Å². The molecule has 2 rings (SSSR count). The van der Waals surface area contributed by atoms with Crippen LogP contribution in [0.2, 0.25) is 5.02 Å². The number of rotatable bonds is 0. The lowest BCUT2D eigenvalue weighted by Crippen LogP contribution is -2.14. The summed E-state index contributed by atoms with van der Waals surface area (Å²) in [6, 6.07) is 7.34. The summed E-state index contributed by atoms with van der Waals surface area (Å²) in [5.74, 6) is 5.71. The smallest absolute Gasteiger partial charge is 0.120 e. The summed E-state index contributed by atoms with van der Waals surface area (Å²) in [6.45, 7) is 3.29. The largest absolute Gasteiger partial charge is 0.378 e. The molecule has 0 bridgehead atoms. The van der Waals surface area contributed by atoms with Gasteiger partial charge in [0.2, 0.25) is 0 Å². The summed E-state index contributed by atoms with van der Waals surface area (Å²) in [5.41, 5.74) is 0.518. The number of hydrogen-bond acceptors (Lipinski definition) is 2. The molecular formula is C14H12ClNO. The summed E-state index contributed by atoms with van der Waals surface area (Å²) < 4.78 is 0. The Balaban J connectivity index is 2.63. The summed E-state index contributed by atoms with van der Waals surface area (Å²) in [7, 11) is 0. The van der Waals surface area contributed by atoms with Gasteiger partial charge >= 0.3 is 0 Å². The van der Waals surface area contributed by atoms with Crippen LogP contribution < -0.4 is 0 Å². The molecule has 0 spiro atoms. The van der Waals surface area contributed by atoms with Gasteiger partial charge in [-0.1, -0.05) is 23.4 Å². The van der Waals surface area contributed by atoms with Crippen LogP contribution in [0.25, 0.3) is 10.9 Å². The van der Waals surface area contributed by atoms with E-state index in [4.69, 9.17) is 11.6 Å². The predicted molar refractivity (Wildman–Crippen MR) is 69.9 cm³/mol. The second-order valence-electron chi connectivity index (χ2n) is 4.30. The van der Waals surface area contributed by atoms with Crippen LogP contribution in [0.15, 0.2) is 30.5 Å². The van der Waals surface area contributed by atoms with Gasteiger partial charge in [-0.2, -0.15) is 0 Å². The van der Waals surface area contributed by atoms with E-state index >= 15 is 0 Å². The zero-order valence-corrected chi connectivity index (χ0v) is 10.4. The Hall–Kier alpha value is -1.56. The Labute approximate surface area is 105 Å². The Morgan fingerprint density at radius 2 is 2.06 bits per heavy atom. The Bertz CT molecular complexity index is 617. The van der Waals surface area contributed by atoms with Crippen LogP contribution >= 0.6 is 11.6 Å². The molecule has 0 saturated heterocycles. The first kappa shape index (κ1) is 11.9. The zero-order valence-electron chi connectivity index (χ0n) is 9.66. The fourth-order valence-corrected chi connectivity index (χ4v) is 1.67. The lowest BCUT2D eigenvalue weighted by atomic mass is 10.1. The number of aliphatic hydroxyl groups is 1. The molecule has 86 valence electrons. The molecule has 1 N–H and O–H groups in total. The van der Waals surface area contributed by atoms with E-state index < -0.39 is 5.60 Å². The number of fused-ring (bicyclic) bond motifs is 1. The van der Waals surface area contributed by atoms with Gasteiger partial charge in [-0.3, -0.25) is 4.98 Å². The molecule has 3 heteroatoms. The van der Waals surface area contributed by atoms with Gasteiger partial charge in [-0.25, -0.2) is 0 Å². The summed E-state index contributed by atoms with van der Waals surface area (Å²) in [5, 5.41) is 11.1. The van der Waals surface area contributed by atoms with Crippen molar-refractivity contribution in [1.29, 1.82) is 0 Å². The second kappa shape index (κ2) is 4.37. The van der Waals surface area contributed by atoms with Crippen LogP contribution in [0.5, 0.6) is 0 Å². The third-order valence-electron chi connectivity index (χ3n) is 2.22. The number of pyridine rings is 1. The molecule has 0 radical (unpaired) electrons. The van der Waals surface area contributed by atoms with Gasteiger partial charge in [0.05, 0.1) is 16.1 Å². The standard InChI is InChI=1S/C14H12ClNO/c1-14(2,17)8-7-10-5-6-12(15)11-4-3-9-16-13(10)11/h3-6,9,17H,1-2H3. The molecule has 0 aliphatic rings. The van der Waals surface area contributed by atoms with E-state index in [1.807, 2.05) is 18.2 Å². The third kappa shape index (κ3) is 2.76. The number of halogens is 1. The highest BCUT2D eigenvalue weighted by molar-refractivity contribution is 6.35. The minimum atomic E-state index is -1.01. The molecule has 1 aromatic heterocycles. The Morgan fingerprint density at radius 3 is 2.76 bits per heavy atom. The molecule has 2 aromatic rings. The van der Waals surface area contributed by atoms with E-state index in [0.717, 1.165) is 16.5 Å². The Morgan fingerprint density at radius 1 is 1.29 bits per heavy atom. The first-order valence-electron chi connectivity index (χ1n) is 5.26. The topological polar surface area (TPSA) is 33.1 Å². The van der Waals surface area contributed by atoms with E-state index in [1.54, 1.807) is 26.1 Å². The lowest BCUT2D eigenvalue weighted by molar-refractivity contribution is 0.143. The van der Waals surface area contributed by atoms with Gasteiger partial charge < -0.3 is 5.11 Å². The first-order valence-corrected chi connectivity index (χ1v) is 5.64. The molecule has 0 aliphatic carbocycles. The summed E-state index contributed by atoms with van der Waals surface area (Å²) in [6.07, 6.45) is 1.70. The summed E-state index contributed by atoms with van der Waals surface area (Å²) >= 11 is 6.08. The van der Waals surface area contributed by atoms with Gasteiger partial charge in [-0.15, -0.1) is 0 Å². The SMILES string of the molecule is CC(C)(O)C#Cc1ccc(Cl)c2cccnc12. The van der Waals surface area contributed by atoms with Crippen molar-refractivity contribution in [3.8, 4) is 11.8 Å². The van der Waals surface area contributed by atoms with Crippen molar-refractivity contribution in [2.24, 2.45) is 0 Å². The van der Waals surface area contributed by atoms with E-state index in [1.165, 1.54) is 0 Å². The normalized spacial score (nSPS) is 11.1. The molecular weight excluding hydrogens is 234 g/mol. The molecule has 1 aromatic carbocycles. The van der Waals surface area contributed by atoms with Crippen molar-refractivity contribution >= 4 is 22.5 Å². The highest BCUT2D eigenvalue weighted by Crippen LogP contribution is 2.24. The van der Waals surface area contributed by atoms with Crippen LogP contribution in [0.4, 0.5) is 0 Å². The third-order valence-corrected chi connectivity index (χ3v) is 2.55. The molecule has 0 atom stereocenters. The van der Waals surface area contributed by atoms with Crippen molar-refractivity contribution < 1.29 is 5.11 Å². The van der Waals surface area contributed by atoms with Gasteiger partial charge in [0.1, 0.15) is 5.60 Å². The molecule has 0 unspecified atom stereocenters. The van der Waals surface area contributed by atoms with Crippen LogP contribution in [0.3, 0.4) is 0 Å². The maximum atomic E-state index is 9.59. The molecule has 2 nitrogen and oxygen atoms in total. The molecule has 0 fully saturated rings. The van der Waals surface area contributed by atoms with Crippen LogP contribution in [0, 0.1) is 11.8 Å². The fraction of sp³-hybridized carbons (Fsp3) is 0.214. The fourth-order valence-electron chi connectivity index (χ4n) is 1.46. The van der Waals surface area contributed by atoms with Gasteiger partial charge in [-0.05, 0) is 38.1 Å². The van der Waals surface area contributed by atoms with Crippen LogP contribution in [0.1, 0.15) is 19.4 Å². The number of aromatic nitrogens is 1. The van der Waals surface area contributed by atoms with Crippen LogP contribution in [-0.4, -0.2) is 15.7 Å². The highest BCUT2D eigenvalue weighted by atomic mass is 35.5. The van der Waals surface area contributed by atoms with Crippen molar-refractivity contribution in [2.45, 2.75) is 19.4 Å². The van der Waals surface area contributed by atoms with Gasteiger partial charge in [0.25, 0.3) is 0 Å². The molecule has 0 saturated carbocycles. The first-order chi connectivity index (χ1) is 7.97. The molecule has 0 amide bonds. The number of nitrogens with zero attached hydrogens (tertiary/aromatic N) is 1. The summed E-state index contributed by atoms with van der Waals surface area (Å²) in [4.78, 5) is 4.27. The minimum absolute atomic E-state index is 0.655. The van der Waals surface area contributed by atoms with Gasteiger partial charge in [0, 0.05) is 11.6 Å². The quantitative estimate of drug-likeness (QED) is 0.724. The average Bonchev–Trinajstić information content (AvgIpc) is 2.27. The Kier molecular flexibility index (Phi) is 3.06. The van der Waals surface area contributed by atoms with Crippen LogP contribution in [-0.2, 0) is 0 Å². The van der Waals surface area contributed by atoms with E-state index in [-0.39, 0.29) is 0 Å². The molecule has 17 heavy (non-hydrogen) atoms. The molecule has 0 aliphatic heterocycles. The van der Waals surface area contributed by atoms with Crippen molar-refractivity contribution in [3.63, 3.8) is 0 Å². The highest BCUT2D eigenvalue weighted by Gasteiger charge is 2.07. The number of hydrogen-bond donors (Lipinski definition) is 1. The number of benzene rings is 1. The predicted octanol–water partition coefficient (Wildman–Crippen LogP) is 3.01. The maximum Gasteiger partial charge on any atom is 0.120 e. The minimum Gasteiger partial charge on any atom is -0.378 e.